The maximum Gasteiger partial charge on any atom is 0.227 e. The van der Waals surface area contributed by atoms with Gasteiger partial charge in [0.2, 0.25) is 5.91 Å². The van der Waals surface area contributed by atoms with Crippen molar-refractivity contribution in [2.24, 2.45) is 45.8 Å². The minimum absolute atomic E-state index is 0.0303. The van der Waals surface area contributed by atoms with Crippen LogP contribution in [0.4, 0.5) is 5.69 Å². The summed E-state index contributed by atoms with van der Waals surface area (Å²) in [6.45, 7) is 11.1. The molecule has 52 heavy (non-hydrogen) atoms. The Hall–Kier alpha value is -2.30. The number of ketones is 1. The number of amides is 1. The summed E-state index contributed by atoms with van der Waals surface area (Å²) in [5, 5.41) is 58.4. The number of hydrogen-bond donors (Lipinski definition) is 5. The summed E-state index contributed by atoms with van der Waals surface area (Å²) in [6.07, 6.45) is 8.17. The Balaban J connectivity index is 1.15. The number of benzene rings is 1. The number of phenolic OH excluding ortho intramolecular Hbond substituents is 1. The molecule has 8 rings (SSSR count). The lowest BCUT2D eigenvalue weighted by molar-refractivity contribution is -0.168. The van der Waals surface area contributed by atoms with Crippen molar-refractivity contribution in [3.63, 3.8) is 0 Å². The number of anilines is 1. The van der Waals surface area contributed by atoms with Gasteiger partial charge < -0.3 is 35.2 Å². The quantitative estimate of drug-likeness (QED) is 0.218. The standard InChI is InChI=1S/C43H61NO8/c1-24(2)25(3)37-38(52-37)40(5,50)35-10-15-43(51)30-19-32(46)31-20-33(47)34(48)21-39(31,4)29(30)9-14-42(35,43)13-8-26-16-27(18-28(45)17-26)44-23-41(22-36(44)49)11-6-7-12-41/h16-19,24-25,29,31,33-35,37-38,45,47-48,50-51H,6-15,20-23H2,1-5H3/t25-,29+,31+,33-,34+,35-,37+,38-,39-,40-,42-,43-/m1/s1. The molecule has 0 bridgehead atoms. The van der Waals surface area contributed by atoms with Crippen molar-refractivity contribution in [3.8, 4) is 5.75 Å². The predicted octanol–water partition coefficient (Wildman–Crippen LogP) is 5.62. The van der Waals surface area contributed by atoms with E-state index in [1.165, 1.54) is 0 Å². The van der Waals surface area contributed by atoms with Crippen LogP contribution < -0.4 is 4.90 Å². The molecule has 4 saturated carbocycles. The van der Waals surface area contributed by atoms with Crippen LogP contribution in [0.15, 0.2) is 29.8 Å². The Labute approximate surface area is 308 Å². The Morgan fingerprint density at radius 2 is 1.73 bits per heavy atom. The summed E-state index contributed by atoms with van der Waals surface area (Å²) >= 11 is 0. The van der Waals surface area contributed by atoms with Crippen LogP contribution in [-0.4, -0.2) is 79.4 Å². The molecule has 6 fully saturated rings. The molecule has 7 aliphatic rings. The number of carbonyl (C=O) groups excluding carboxylic acids is 2. The molecule has 1 aromatic carbocycles. The number of nitrogens with zero attached hydrogens (tertiary/aromatic N) is 1. The van der Waals surface area contributed by atoms with Crippen molar-refractivity contribution in [1.82, 2.24) is 0 Å². The minimum Gasteiger partial charge on any atom is -0.508 e. The minimum atomic E-state index is -1.37. The van der Waals surface area contributed by atoms with E-state index in [4.69, 9.17) is 4.74 Å². The lowest BCUT2D eigenvalue weighted by Gasteiger charge is -2.61. The highest BCUT2D eigenvalue weighted by Gasteiger charge is 2.72. The number of epoxide rings is 1. The highest BCUT2D eigenvalue weighted by atomic mass is 16.6. The van der Waals surface area contributed by atoms with Gasteiger partial charge >= 0.3 is 0 Å². The van der Waals surface area contributed by atoms with E-state index in [-0.39, 0.29) is 59.2 Å². The number of carbonyl (C=O) groups is 2. The molecule has 2 saturated heterocycles. The Morgan fingerprint density at radius 1 is 1.00 bits per heavy atom. The van der Waals surface area contributed by atoms with Crippen LogP contribution in [0.25, 0.3) is 0 Å². The topological polar surface area (TPSA) is 151 Å². The van der Waals surface area contributed by atoms with E-state index >= 15 is 0 Å². The van der Waals surface area contributed by atoms with E-state index in [9.17, 15) is 35.1 Å². The summed E-state index contributed by atoms with van der Waals surface area (Å²) in [5.74, 6) is -0.116. The van der Waals surface area contributed by atoms with Crippen LogP contribution in [0.3, 0.4) is 0 Å². The molecular weight excluding hydrogens is 658 g/mol. The normalized spacial score (nSPS) is 42.5. The first-order valence-corrected chi connectivity index (χ1v) is 20.3. The zero-order chi connectivity index (χ0) is 37.2. The maximum absolute atomic E-state index is 13.9. The Morgan fingerprint density at radius 3 is 2.44 bits per heavy atom. The lowest BCUT2D eigenvalue weighted by atomic mass is 9.44. The molecule has 5 aliphatic carbocycles. The molecule has 0 unspecified atom stereocenters. The second kappa shape index (κ2) is 12.4. The van der Waals surface area contributed by atoms with Gasteiger partial charge in [-0.3, -0.25) is 9.59 Å². The van der Waals surface area contributed by atoms with Crippen LogP contribution >= 0.6 is 0 Å². The molecule has 0 radical (unpaired) electrons. The monoisotopic (exact) mass is 719 g/mol. The summed E-state index contributed by atoms with van der Waals surface area (Å²) in [7, 11) is 0. The molecule has 12 atom stereocenters. The van der Waals surface area contributed by atoms with Crippen molar-refractivity contribution in [1.29, 1.82) is 0 Å². The van der Waals surface area contributed by atoms with Crippen LogP contribution in [0.2, 0.25) is 0 Å². The van der Waals surface area contributed by atoms with E-state index in [0.717, 1.165) is 36.8 Å². The lowest BCUT2D eigenvalue weighted by Crippen LogP contribution is -2.63. The first-order valence-electron chi connectivity index (χ1n) is 20.3. The highest BCUT2D eigenvalue weighted by molar-refractivity contribution is 5.97. The van der Waals surface area contributed by atoms with E-state index < -0.39 is 40.2 Å². The number of aliphatic hydroxyl groups is 4. The molecule has 2 heterocycles. The van der Waals surface area contributed by atoms with Gasteiger partial charge in [0.1, 0.15) is 11.9 Å². The first kappa shape index (κ1) is 36.7. The number of phenols is 1. The molecule has 0 aromatic heterocycles. The number of ether oxygens (including phenoxy) is 1. The zero-order valence-electron chi connectivity index (χ0n) is 31.8. The Kier molecular flexibility index (Phi) is 8.71. The zero-order valence-corrected chi connectivity index (χ0v) is 31.8. The Bertz CT molecular complexity index is 1650. The van der Waals surface area contributed by atoms with Crippen molar-refractivity contribution in [2.45, 2.75) is 154 Å². The molecule has 9 heteroatoms. The molecule has 9 nitrogen and oxygen atoms in total. The van der Waals surface area contributed by atoms with Gasteiger partial charge in [0.05, 0.1) is 29.5 Å². The van der Waals surface area contributed by atoms with Crippen molar-refractivity contribution < 1.29 is 39.9 Å². The molecule has 1 spiro atoms. The van der Waals surface area contributed by atoms with Crippen molar-refractivity contribution in [3.05, 3.63) is 35.4 Å². The van der Waals surface area contributed by atoms with Gasteiger partial charge in [-0.2, -0.15) is 0 Å². The number of rotatable bonds is 8. The summed E-state index contributed by atoms with van der Waals surface area (Å²) in [5.41, 5.74) is -1.65. The number of aliphatic hydroxyl groups excluding tert-OH is 2. The third-order valence-electron chi connectivity index (χ3n) is 16.3. The molecule has 1 amide bonds. The van der Waals surface area contributed by atoms with Crippen LogP contribution in [0, 0.1) is 45.8 Å². The fraction of sp³-hybridized carbons (Fsp3) is 0.767. The third-order valence-corrected chi connectivity index (χ3v) is 16.3. The fourth-order valence-corrected chi connectivity index (χ4v) is 13.1. The van der Waals surface area contributed by atoms with Crippen molar-refractivity contribution >= 4 is 17.4 Å². The summed E-state index contributed by atoms with van der Waals surface area (Å²) < 4.78 is 6.29. The first-order chi connectivity index (χ1) is 24.4. The van der Waals surface area contributed by atoms with E-state index in [2.05, 4.69) is 27.7 Å². The largest absolute Gasteiger partial charge is 0.508 e. The van der Waals surface area contributed by atoms with E-state index in [1.807, 2.05) is 17.9 Å². The van der Waals surface area contributed by atoms with Crippen molar-refractivity contribution in [2.75, 3.05) is 11.4 Å². The average molecular weight is 720 g/mol. The van der Waals surface area contributed by atoms with E-state index in [1.54, 1.807) is 18.2 Å². The van der Waals surface area contributed by atoms with Gasteiger partial charge in [0.25, 0.3) is 0 Å². The van der Waals surface area contributed by atoms with Gasteiger partial charge in [0.15, 0.2) is 5.78 Å². The maximum atomic E-state index is 13.9. The van der Waals surface area contributed by atoms with Gasteiger partial charge in [-0.15, -0.1) is 0 Å². The van der Waals surface area contributed by atoms with E-state index in [0.29, 0.717) is 69.5 Å². The SMILES string of the molecule is CC(C)[C@@H](C)[C@@H]1O[C@H]1[C@](C)(O)[C@H]1CC[C@@]2(O)C3=CC(=O)[C@@H]4C[C@@H](O)[C@@H](O)C[C@]4(C)[C@H]3CC[C@]12CCc1cc(O)cc(N2CC3(CCCC3)CC2=O)c1. The number of aryl methyl sites for hydroxylation is 1. The fourth-order valence-electron chi connectivity index (χ4n) is 13.1. The number of fused-ring (bicyclic) bond motifs is 5. The predicted molar refractivity (Wildman–Crippen MR) is 196 cm³/mol. The summed E-state index contributed by atoms with van der Waals surface area (Å²) in [4.78, 5) is 29.1. The smallest absolute Gasteiger partial charge is 0.227 e. The number of hydrogen-bond acceptors (Lipinski definition) is 8. The van der Waals surface area contributed by atoms with Gasteiger partial charge in [-0.1, -0.05) is 40.5 Å². The highest BCUT2D eigenvalue weighted by Crippen LogP contribution is 2.71. The number of aromatic hydroxyl groups is 1. The third kappa shape index (κ3) is 5.41. The van der Waals surface area contributed by atoms with Crippen LogP contribution in [-0.2, 0) is 20.7 Å². The van der Waals surface area contributed by atoms with Crippen LogP contribution in [0.1, 0.15) is 117 Å². The second-order valence-corrected chi connectivity index (χ2v) is 19.4. The molecule has 5 N–H and O–H groups in total. The summed E-state index contributed by atoms with van der Waals surface area (Å²) in [6, 6.07) is 5.46. The average Bonchev–Trinajstić information content (AvgIpc) is 3.51. The van der Waals surface area contributed by atoms with Gasteiger partial charge in [0, 0.05) is 36.1 Å². The second-order valence-electron chi connectivity index (χ2n) is 19.4. The molecule has 1 aromatic rings. The molecular formula is C43H61NO8. The molecule has 2 aliphatic heterocycles. The molecule has 286 valence electrons. The van der Waals surface area contributed by atoms with Gasteiger partial charge in [-0.05, 0) is 135 Å². The van der Waals surface area contributed by atoms with Crippen LogP contribution in [0.5, 0.6) is 5.75 Å². The van der Waals surface area contributed by atoms with Gasteiger partial charge in [-0.25, -0.2) is 0 Å². The number of allylic oxidation sites excluding steroid dienone is 1.